The highest BCUT2D eigenvalue weighted by molar-refractivity contribution is 9.10. The Balaban J connectivity index is 1.78. The summed E-state index contributed by atoms with van der Waals surface area (Å²) in [6.07, 6.45) is 8.25. The topological polar surface area (TPSA) is 26.3 Å². The van der Waals surface area contributed by atoms with Crippen LogP contribution in [0, 0.1) is 11.8 Å². The maximum Gasteiger partial charge on any atom is 0.314 e. The lowest BCUT2D eigenvalue weighted by Crippen LogP contribution is -2.25. The molecule has 1 aliphatic rings. The monoisotopic (exact) mass is 338 g/mol. The van der Waals surface area contributed by atoms with Gasteiger partial charge in [0.05, 0.1) is 5.92 Å². The molecule has 2 nitrogen and oxygen atoms in total. The Kier molecular flexibility index (Phi) is 6.08. The Hall–Kier alpha value is -0.830. The molecule has 0 radical (unpaired) electrons. The van der Waals surface area contributed by atoms with E-state index >= 15 is 0 Å². The molecular formula is C17H23BrO2. The molecular weight excluding hydrogens is 316 g/mol. The zero-order valence-corrected chi connectivity index (χ0v) is 13.7. The summed E-state index contributed by atoms with van der Waals surface area (Å²) in [6.45, 7) is 2.24. The number of rotatable bonds is 5. The van der Waals surface area contributed by atoms with Crippen molar-refractivity contribution in [2.24, 2.45) is 11.8 Å². The Labute approximate surface area is 130 Å². The second-order valence-electron chi connectivity index (χ2n) is 5.73. The van der Waals surface area contributed by atoms with E-state index in [1.54, 1.807) is 0 Å². The molecule has 0 aliphatic heterocycles. The van der Waals surface area contributed by atoms with E-state index in [0.29, 0.717) is 5.75 Å². The lowest BCUT2D eigenvalue weighted by Gasteiger charge is -2.27. The predicted octanol–water partition coefficient (Wildman–Crippen LogP) is 5.35. The fourth-order valence-electron chi connectivity index (χ4n) is 2.88. The minimum absolute atomic E-state index is 0.0544. The van der Waals surface area contributed by atoms with Gasteiger partial charge in [0.25, 0.3) is 0 Å². The van der Waals surface area contributed by atoms with Gasteiger partial charge in [-0.1, -0.05) is 42.1 Å². The van der Waals surface area contributed by atoms with Gasteiger partial charge in [0.1, 0.15) is 5.75 Å². The van der Waals surface area contributed by atoms with Crippen LogP contribution in [0.15, 0.2) is 28.7 Å². The fourth-order valence-corrected chi connectivity index (χ4v) is 3.15. The van der Waals surface area contributed by atoms with Crippen molar-refractivity contribution in [1.29, 1.82) is 0 Å². The molecule has 3 heteroatoms. The lowest BCUT2D eigenvalue weighted by atomic mass is 9.80. The molecule has 0 heterocycles. The SMILES string of the molecule is CCCCC1CCC(C(=O)Oc2ccc(Br)cc2)CC1. The second-order valence-corrected chi connectivity index (χ2v) is 6.65. The predicted molar refractivity (Wildman–Crippen MR) is 84.8 cm³/mol. The minimum Gasteiger partial charge on any atom is -0.426 e. The number of halogens is 1. The van der Waals surface area contributed by atoms with E-state index in [1.165, 1.54) is 32.1 Å². The molecule has 0 bridgehead atoms. The van der Waals surface area contributed by atoms with Crippen LogP contribution in [0.2, 0.25) is 0 Å². The summed E-state index contributed by atoms with van der Waals surface area (Å²) < 4.78 is 6.46. The van der Waals surface area contributed by atoms with Gasteiger partial charge in [-0.25, -0.2) is 0 Å². The molecule has 0 aromatic heterocycles. The number of hydrogen-bond acceptors (Lipinski definition) is 2. The second kappa shape index (κ2) is 7.82. The largest absolute Gasteiger partial charge is 0.426 e. The molecule has 1 aromatic carbocycles. The van der Waals surface area contributed by atoms with E-state index in [0.717, 1.165) is 23.2 Å². The van der Waals surface area contributed by atoms with Gasteiger partial charge in [0.2, 0.25) is 0 Å². The minimum atomic E-state index is -0.0544. The van der Waals surface area contributed by atoms with Gasteiger partial charge in [-0.3, -0.25) is 4.79 Å². The zero-order chi connectivity index (χ0) is 14.4. The summed E-state index contributed by atoms with van der Waals surface area (Å²) >= 11 is 3.37. The number of esters is 1. The maximum atomic E-state index is 12.1. The van der Waals surface area contributed by atoms with Gasteiger partial charge in [-0.15, -0.1) is 0 Å². The van der Waals surface area contributed by atoms with Crippen LogP contribution in [-0.2, 0) is 4.79 Å². The highest BCUT2D eigenvalue weighted by Gasteiger charge is 2.27. The quantitative estimate of drug-likeness (QED) is 0.534. The number of benzene rings is 1. The van der Waals surface area contributed by atoms with E-state index < -0.39 is 0 Å². The van der Waals surface area contributed by atoms with E-state index in [4.69, 9.17) is 4.74 Å². The molecule has 1 fully saturated rings. The lowest BCUT2D eigenvalue weighted by molar-refractivity contribution is -0.140. The summed E-state index contributed by atoms with van der Waals surface area (Å²) in [5.74, 6) is 1.51. The fraction of sp³-hybridized carbons (Fsp3) is 0.588. The molecule has 0 unspecified atom stereocenters. The standard InChI is InChI=1S/C17H23BrO2/c1-2-3-4-13-5-7-14(8-6-13)17(19)20-16-11-9-15(18)10-12-16/h9-14H,2-8H2,1H3. The van der Waals surface area contributed by atoms with Gasteiger partial charge < -0.3 is 4.74 Å². The Morgan fingerprint density at radius 2 is 1.85 bits per heavy atom. The first-order valence-corrected chi connectivity index (χ1v) is 8.45. The van der Waals surface area contributed by atoms with Crippen molar-refractivity contribution >= 4 is 21.9 Å². The molecule has 2 rings (SSSR count). The van der Waals surface area contributed by atoms with Crippen molar-refractivity contribution in [2.45, 2.75) is 51.9 Å². The number of hydrogen-bond donors (Lipinski definition) is 0. The van der Waals surface area contributed by atoms with Crippen molar-refractivity contribution in [1.82, 2.24) is 0 Å². The third-order valence-corrected chi connectivity index (χ3v) is 4.71. The molecule has 0 atom stereocenters. The molecule has 1 saturated carbocycles. The first kappa shape index (κ1) is 15.6. The third kappa shape index (κ3) is 4.62. The zero-order valence-electron chi connectivity index (χ0n) is 12.1. The highest BCUT2D eigenvalue weighted by atomic mass is 79.9. The van der Waals surface area contributed by atoms with E-state index in [1.807, 2.05) is 24.3 Å². The highest BCUT2D eigenvalue weighted by Crippen LogP contribution is 2.32. The summed E-state index contributed by atoms with van der Waals surface area (Å²) in [7, 11) is 0. The van der Waals surface area contributed by atoms with Crippen molar-refractivity contribution in [3.63, 3.8) is 0 Å². The van der Waals surface area contributed by atoms with Crippen LogP contribution >= 0.6 is 15.9 Å². The van der Waals surface area contributed by atoms with Gasteiger partial charge in [-0.05, 0) is 55.9 Å². The van der Waals surface area contributed by atoms with Gasteiger partial charge in [0, 0.05) is 4.47 Å². The van der Waals surface area contributed by atoms with Crippen LogP contribution in [0.5, 0.6) is 5.75 Å². The Morgan fingerprint density at radius 3 is 2.45 bits per heavy atom. The molecule has 0 N–H and O–H groups in total. The van der Waals surface area contributed by atoms with Crippen molar-refractivity contribution in [3.05, 3.63) is 28.7 Å². The number of unbranched alkanes of at least 4 members (excludes halogenated alkanes) is 1. The normalized spacial score (nSPS) is 22.5. The number of ether oxygens (including phenoxy) is 1. The summed E-state index contributed by atoms with van der Waals surface area (Å²) in [6, 6.07) is 7.44. The van der Waals surface area contributed by atoms with Crippen molar-refractivity contribution in [3.8, 4) is 5.75 Å². The van der Waals surface area contributed by atoms with Crippen LogP contribution in [0.3, 0.4) is 0 Å². The van der Waals surface area contributed by atoms with Gasteiger partial charge >= 0.3 is 5.97 Å². The van der Waals surface area contributed by atoms with E-state index in [2.05, 4.69) is 22.9 Å². The maximum absolute atomic E-state index is 12.1. The average molecular weight is 339 g/mol. The summed E-state index contributed by atoms with van der Waals surface area (Å²) in [5.41, 5.74) is 0. The number of carbonyl (C=O) groups is 1. The molecule has 0 amide bonds. The van der Waals surface area contributed by atoms with Crippen molar-refractivity contribution < 1.29 is 9.53 Å². The van der Waals surface area contributed by atoms with Crippen LogP contribution in [-0.4, -0.2) is 5.97 Å². The van der Waals surface area contributed by atoms with E-state index in [-0.39, 0.29) is 11.9 Å². The Bertz CT molecular complexity index is 419. The molecule has 110 valence electrons. The molecule has 1 aromatic rings. The molecule has 1 aliphatic carbocycles. The molecule has 0 saturated heterocycles. The first-order valence-electron chi connectivity index (χ1n) is 7.66. The third-order valence-electron chi connectivity index (χ3n) is 4.18. The first-order chi connectivity index (χ1) is 9.69. The molecule has 0 spiro atoms. The van der Waals surface area contributed by atoms with Gasteiger partial charge in [-0.2, -0.15) is 0 Å². The van der Waals surface area contributed by atoms with Gasteiger partial charge in [0.15, 0.2) is 0 Å². The number of carbonyl (C=O) groups excluding carboxylic acids is 1. The Morgan fingerprint density at radius 1 is 1.20 bits per heavy atom. The van der Waals surface area contributed by atoms with Crippen LogP contribution < -0.4 is 4.74 Å². The summed E-state index contributed by atoms with van der Waals surface area (Å²) in [5, 5.41) is 0. The average Bonchev–Trinajstić information content (AvgIpc) is 2.48. The smallest absolute Gasteiger partial charge is 0.314 e. The summed E-state index contributed by atoms with van der Waals surface area (Å²) in [4.78, 5) is 12.1. The van der Waals surface area contributed by atoms with Crippen molar-refractivity contribution in [2.75, 3.05) is 0 Å². The molecule has 20 heavy (non-hydrogen) atoms. The van der Waals surface area contributed by atoms with Crippen LogP contribution in [0.25, 0.3) is 0 Å². The van der Waals surface area contributed by atoms with Crippen LogP contribution in [0.4, 0.5) is 0 Å². The van der Waals surface area contributed by atoms with E-state index in [9.17, 15) is 4.79 Å². The van der Waals surface area contributed by atoms with Crippen LogP contribution in [0.1, 0.15) is 51.9 Å².